The van der Waals surface area contributed by atoms with Crippen LogP contribution >= 0.6 is 0 Å². The summed E-state index contributed by atoms with van der Waals surface area (Å²) >= 11 is 0. The number of halogens is 6. The Morgan fingerprint density at radius 3 is 1.93 bits per heavy atom. The number of allylic oxidation sites excluding steroid dienone is 2. The average molecular weight is 643 g/mol. The zero-order valence-electron chi connectivity index (χ0n) is 26.3. The van der Waals surface area contributed by atoms with Crippen LogP contribution in [0.5, 0.6) is 0 Å². The van der Waals surface area contributed by atoms with Gasteiger partial charge in [0.1, 0.15) is 6.10 Å². The van der Waals surface area contributed by atoms with E-state index in [9.17, 15) is 22.4 Å². The van der Waals surface area contributed by atoms with Gasteiger partial charge in [-0.05, 0) is 98.8 Å². The third-order valence-corrected chi connectivity index (χ3v) is 9.80. The van der Waals surface area contributed by atoms with Gasteiger partial charge in [0.2, 0.25) is 0 Å². The quantitative estimate of drug-likeness (QED) is 0.125. The highest BCUT2D eigenvalue weighted by atomic mass is 19.2. The molecule has 0 N–H and O–H groups in total. The van der Waals surface area contributed by atoms with E-state index < -0.39 is 63.7 Å². The lowest BCUT2D eigenvalue weighted by molar-refractivity contribution is 0.0123. The molecule has 0 aliphatic heterocycles. The van der Waals surface area contributed by atoms with Crippen molar-refractivity contribution in [2.24, 2.45) is 11.8 Å². The summed E-state index contributed by atoms with van der Waals surface area (Å²) in [4.78, 5) is 12.8. The van der Waals surface area contributed by atoms with E-state index >= 15 is 8.78 Å². The molecule has 0 amide bonds. The molecule has 5 rings (SSSR count). The minimum atomic E-state index is -1.46. The number of aryl methyl sites for hydroxylation is 2. The van der Waals surface area contributed by atoms with Crippen LogP contribution < -0.4 is 0 Å². The third kappa shape index (κ3) is 7.06. The van der Waals surface area contributed by atoms with Gasteiger partial charge in [-0.25, -0.2) is 31.1 Å². The zero-order valence-corrected chi connectivity index (χ0v) is 26.3. The molecule has 2 aliphatic rings. The lowest BCUT2D eigenvalue weighted by Gasteiger charge is -2.35. The molecule has 1 unspecified atom stereocenters. The maximum atomic E-state index is 15.1. The summed E-state index contributed by atoms with van der Waals surface area (Å²) in [6.07, 6.45) is 9.76. The number of rotatable bonds is 10. The van der Waals surface area contributed by atoms with Crippen molar-refractivity contribution < 1.29 is 35.9 Å². The molecule has 246 valence electrons. The molecule has 1 fully saturated rings. The lowest BCUT2D eigenvalue weighted by Crippen LogP contribution is -2.28. The van der Waals surface area contributed by atoms with Gasteiger partial charge in [-0.1, -0.05) is 63.1 Å². The third-order valence-electron chi connectivity index (χ3n) is 9.80. The van der Waals surface area contributed by atoms with E-state index in [1.165, 1.54) is 12.1 Å². The number of hydrogen-bond acceptors (Lipinski definition) is 2. The van der Waals surface area contributed by atoms with E-state index in [1.807, 2.05) is 13.0 Å². The van der Waals surface area contributed by atoms with Crippen molar-refractivity contribution in [3.05, 3.63) is 99.6 Å². The van der Waals surface area contributed by atoms with Gasteiger partial charge in [0.15, 0.2) is 34.9 Å². The van der Waals surface area contributed by atoms with Crippen molar-refractivity contribution in [3.63, 3.8) is 0 Å². The number of unbranched alkanes of at least 4 members (excludes halogenated alkanes) is 2. The van der Waals surface area contributed by atoms with Crippen LogP contribution in [0, 0.1) is 46.7 Å². The fourth-order valence-corrected chi connectivity index (χ4v) is 7.00. The standard InChI is InChI=1S/C38H40F6O2/c1-3-5-6-7-26-15-19-29(35(42)33(26)40)30-20-21-31(37(44)36(30)43)38(45)46-27-16-12-24(13-17-27)23-8-10-25(11-9-23)28-18-14-22(4-2)32(39)34(28)41/h10,14-15,18-21,23-24,27H,3-9,11-13,16-17H2,1-2H3. The van der Waals surface area contributed by atoms with Gasteiger partial charge in [-0.15, -0.1) is 0 Å². The first-order valence-electron chi connectivity index (χ1n) is 16.5. The highest BCUT2D eigenvalue weighted by molar-refractivity contribution is 5.90. The number of benzene rings is 3. The van der Waals surface area contributed by atoms with Crippen LogP contribution in [0.15, 0.2) is 42.5 Å². The van der Waals surface area contributed by atoms with E-state index in [1.54, 1.807) is 19.1 Å². The molecule has 0 bridgehead atoms. The second-order valence-electron chi connectivity index (χ2n) is 12.6. The van der Waals surface area contributed by atoms with Gasteiger partial charge >= 0.3 is 5.97 Å². The molecule has 8 heteroatoms. The normalized spacial score (nSPS) is 20.0. The Kier molecular flexibility index (Phi) is 11.0. The van der Waals surface area contributed by atoms with Gasteiger partial charge in [0, 0.05) is 16.7 Å². The van der Waals surface area contributed by atoms with Gasteiger partial charge in [0.25, 0.3) is 0 Å². The van der Waals surface area contributed by atoms with Crippen molar-refractivity contribution in [1.29, 1.82) is 0 Å². The van der Waals surface area contributed by atoms with Crippen LogP contribution in [0.4, 0.5) is 26.3 Å². The zero-order chi connectivity index (χ0) is 33.0. The van der Waals surface area contributed by atoms with E-state index in [-0.39, 0.29) is 5.56 Å². The molecule has 3 aromatic carbocycles. The average Bonchev–Trinajstić information content (AvgIpc) is 3.06. The van der Waals surface area contributed by atoms with Crippen molar-refractivity contribution in [1.82, 2.24) is 0 Å². The predicted octanol–water partition coefficient (Wildman–Crippen LogP) is 11.1. The Labute approximate surface area is 266 Å². The predicted molar refractivity (Wildman–Crippen MR) is 167 cm³/mol. The Morgan fingerprint density at radius 2 is 1.28 bits per heavy atom. The van der Waals surface area contributed by atoms with E-state index in [4.69, 9.17) is 4.74 Å². The maximum absolute atomic E-state index is 15.1. The topological polar surface area (TPSA) is 26.3 Å². The number of hydrogen-bond donors (Lipinski definition) is 0. The molecule has 2 nitrogen and oxygen atoms in total. The van der Waals surface area contributed by atoms with Gasteiger partial charge in [0.05, 0.1) is 5.56 Å². The van der Waals surface area contributed by atoms with Crippen LogP contribution in [0.2, 0.25) is 0 Å². The monoisotopic (exact) mass is 642 g/mol. The number of ether oxygens (including phenoxy) is 1. The van der Waals surface area contributed by atoms with E-state index in [0.29, 0.717) is 61.5 Å². The largest absolute Gasteiger partial charge is 0.459 e. The molecule has 0 saturated heterocycles. The second-order valence-corrected chi connectivity index (χ2v) is 12.6. The second kappa shape index (κ2) is 14.9. The minimum Gasteiger partial charge on any atom is -0.459 e. The lowest BCUT2D eigenvalue weighted by atomic mass is 9.72. The first-order valence-corrected chi connectivity index (χ1v) is 16.5. The van der Waals surface area contributed by atoms with Crippen molar-refractivity contribution in [2.45, 2.75) is 97.0 Å². The molecule has 1 saturated carbocycles. The summed E-state index contributed by atoms with van der Waals surface area (Å²) in [5, 5.41) is 0. The number of carbonyl (C=O) groups is 1. The molecule has 46 heavy (non-hydrogen) atoms. The Balaban J connectivity index is 1.17. The van der Waals surface area contributed by atoms with Crippen molar-refractivity contribution >= 4 is 11.5 Å². The first kappa shape index (κ1) is 33.8. The van der Waals surface area contributed by atoms with Crippen LogP contribution in [0.1, 0.15) is 105 Å². The number of carbonyl (C=O) groups excluding carboxylic acids is 1. The Hall–Kier alpha value is -3.55. The Bertz CT molecular complexity index is 1610. The molecule has 0 spiro atoms. The molecule has 0 aromatic heterocycles. The molecule has 2 aliphatic carbocycles. The van der Waals surface area contributed by atoms with Crippen LogP contribution in [0.3, 0.4) is 0 Å². The fourth-order valence-electron chi connectivity index (χ4n) is 7.00. The summed E-state index contributed by atoms with van der Waals surface area (Å²) in [6, 6.07) is 8.04. The summed E-state index contributed by atoms with van der Waals surface area (Å²) < 4.78 is 94.2. The molecular weight excluding hydrogens is 602 g/mol. The molecular formula is C38H40F6O2. The summed E-state index contributed by atoms with van der Waals surface area (Å²) in [6.45, 7) is 3.79. The highest BCUT2D eigenvalue weighted by Gasteiger charge is 2.32. The fraction of sp³-hybridized carbons (Fsp3) is 0.447. The smallest absolute Gasteiger partial charge is 0.341 e. The first-order chi connectivity index (χ1) is 22.1. The summed E-state index contributed by atoms with van der Waals surface area (Å²) in [5.74, 6) is -7.06. The van der Waals surface area contributed by atoms with Crippen molar-refractivity contribution in [2.75, 3.05) is 0 Å². The van der Waals surface area contributed by atoms with Crippen LogP contribution in [-0.4, -0.2) is 12.1 Å². The van der Waals surface area contributed by atoms with E-state index in [0.717, 1.165) is 56.2 Å². The van der Waals surface area contributed by atoms with Crippen LogP contribution in [0.25, 0.3) is 16.7 Å². The summed E-state index contributed by atoms with van der Waals surface area (Å²) in [7, 11) is 0. The molecule has 0 radical (unpaired) electrons. The van der Waals surface area contributed by atoms with E-state index in [2.05, 4.69) is 0 Å². The maximum Gasteiger partial charge on any atom is 0.341 e. The number of esters is 1. The van der Waals surface area contributed by atoms with Gasteiger partial charge in [-0.3, -0.25) is 0 Å². The minimum absolute atomic E-state index is 0.180. The van der Waals surface area contributed by atoms with Gasteiger partial charge in [-0.2, -0.15) is 0 Å². The van der Waals surface area contributed by atoms with Gasteiger partial charge < -0.3 is 4.74 Å². The van der Waals surface area contributed by atoms with Crippen molar-refractivity contribution in [3.8, 4) is 11.1 Å². The molecule has 1 atom stereocenters. The van der Waals surface area contributed by atoms with Crippen LogP contribution in [-0.2, 0) is 17.6 Å². The summed E-state index contributed by atoms with van der Waals surface area (Å²) in [5.41, 5.74) is 0.216. The highest BCUT2D eigenvalue weighted by Crippen LogP contribution is 2.41. The Morgan fingerprint density at radius 1 is 0.674 bits per heavy atom. The SMILES string of the molecule is CCCCCc1ccc(-c2ccc(C(=O)OC3CCC(C4CC=C(c5ccc(CC)c(F)c5F)CC4)CC3)c(F)c2F)c(F)c1F. The molecule has 0 heterocycles. The molecule has 3 aromatic rings.